The predicted molar refractivity (Wildman–Crippen MR) is 76.2 cm³/mol. The van der Waals surface area contributed by atoms with Gasteiger partial charge in [-0.2, -0.15) is 0 Å². The Morgan fingerprint density at radius 1 is 1.33 bits per heavy atom. The number of hydrogen-bond acceptors (Lipinski definition) is 3. The number of rotatable bonds is 7. The third-order valence-electron chi connectivity index (χ3n) is 3.42. The minimum atomic E-state index is 0.166. The Kier molecular flexibility index (Phi) is 4.88. The molecule has 100 valence electrons. The molecule has 3 heteroatoms. The van der Waals surface area contributed by atoms with Crippen LogP contribution >= 0.6 is 0 Å². The van der Waals surface area contributed by atoms with Crippen LogP contribution < -0.4 is 15.8 Å². The smallest absolute Gasteiger partial charge is 0.123 e. The highest BCUT2D eigenvalue weighted by Crippen LogP contribution is 2.30. The number of hydrogen-bond donors (Lipinski definition) is 2. The summed E-state index contributed by atoms with van der Waals surface area (Å²) in [7, 11) is 0. The van der Waals surface area contributed by atoms with Gasteiger partial charge in [0.05, 0.1) is 0 Å². The topological polar surface area (TPSA) is 47.3 Å². The molecule has 18 heavy (non-hydrogen) atoms. The van der Waals surface area contributed by atoms with Crippen LogP contribution in [0.5, 0.6) is 5.75 Å². The van der Waals surface area contributed by atoms with E-state index in [1.165, 1.54) is 36.9 Å². The van der Waals surface area contributed by atoms with Crippen LogP contribution in [-0.4, -0.2) is 19.2 Å². The minimum Gasteiger partial charge on any atom is -0.488 e. The standard InChI is InChI=1S/C15H24N2O/c1-2-3-4-5-8-17-13-6-7-15-12(9-13)10-14(11-16)18-15/h6-7,9,14,17H,2-5,8,10-11,16H2,1H3. The lowest BCUT2D eigenvalue weighted by atomic mass is 10.1. The fourth-order valence-electron chi connectivity index (χ4n) is 2.35. The van der Waals surface area contributed by atoms with Crippen LogP contribution in [0.3, 0.4) is 0 Å². The lowest BCUT2D eigenvalue weighted by Gasteiger charge is -2.08. The van der Waals surface area contributed by atoms with Crippen molar-refractivity contribution in [3.05, 3.63) is 23.8 Å². The average molecular weight is 248 g/mol. The van der Waals surface area contributed by atoms with Gasteiger partial charge in [0.15, 0.2) is 0 Å². The highest BCUT2D eigenvalue weighted by molar-refractivity contribution is 5.52. The zero-order valence-electron chi connectivity index (χ0n) is 11.2. The molecule has 0 amide bonds. The van der Waals surface area contributed by atoms with Crippen LogP contribution in [0, 0.1) is 0 Å². The summed E-state index contributed by atoms with van der Waals surface area (Å²) in [6.45, 7) is 3.89. The molecule has 0 bridgehead atoms. The van der Waals surface area contributed by atoms with E-state index in [9.17, 15) is 0 Å². The molecule has 1 aromatic rings. The quantitative estimate of drug-likeness (QED) is 0.729. The Morgan fingerprint density at radius 3 is 3.00 bits per heavy atom. The number of fused-ring (bicyclic) bond motifs is 1. The van der Waals surface area contributed by atoms with E-state index in [0.29, 0.717) is 6.54 Å². The van der Waals surface area contributed by atoms with Crippen LogP contribution in [0.15, 0.2) is 18.2 Å². The zero-order chi connectivity index (χ0) is 12.8. The van der Waals surface area contributed by atoms with Crippen molar-refractivity contribution in [1.29, 1.82) is 0 Å². The molecule has 1 aliphatic heterocycles. The van der Waals surface area contributed by atoms with E-state index in [-0.39, 0.29) is 6.10 Å². The first-order valence-electron chi connectivity index (χ1n) is 7.07. The van der Waals surface area contributed by atoms with Crippen molar-refractivity contribution in [3.63, 3.8) is 0 Å². The second-order valence-corrected chi connectivity index (χ2v) is 4.99. The summed E-state index contributed by atoms with van der Waals surface area (Å²) >= 11 is 0. The molecule has 0 saturated heterocycles. The SMILES string of the molecule is CCCCCCNc1ccc2c(c1)CC(CN)O2. The van der Waals surface area contributed by atoms with E-state index in [4.69, 9.17) is 10.5 Å². The Morgan fingerprint density at radius 2 is 2.22 bits per heavy atom. The van der Waals surface area contributed by atoms with E-state index < -0.39 is 0 Å². The molecule has 1 heterocycles. The fourth-order valence-corrected chi connectivity index (χ4v) is 2.35. The largest absolute Gasteiger partial charge is 0.488 e. The maximum absolute atomic E-state index is 5.72. The van der Waals surface area contributed by atoms with E-state index in [1.54, 1.807) is 0 Å². The van der Waals surface area contributed by atoms with Crippen molar-refractivity contribution in [2.24, 2.45) is 5.73 Å². The molecule has 1 aliphatic rings. The lowest BCUT2D eigenvalue weighted by molar-refractivity contribution is 0.241. The van der Waals surface area contributed by atoms with E-state index >= 15 is 0 Å². The molecular weight excluding hydrogens is 224 g/mol. The number of anilines is 1. The molecule has 2 rings (SSSR count). The summed E-state index contributed by atoms with van der Waals surface area (Å²) in [5.41, 5.74) is 8.12. The number of nitrogens with two attached hydrogens (primary N) is 1. The summed E-state index contributed by atoms with van der Waals surface area (Å²) < 4.78 is 5.72. The second-order valence-electron chi connectivity index (χ2n) is 4.99. The first kappa shape index (κ1) is 13.2. The molecule has 3 N–H and O–H groups in total. The molecule has 1 atom stereocenters. The number of nitrogens with one attached hydrogen (secondary N) is 1. The third kappa shape index (κ3) is 3.39. The van der Waals surface area contributed by atoms with E-state index in [1.807, 2.05) is 0 Å². The van der Waals surface area contributed by atoms with Crippen LogP contribution in [0.1, 0.15) is 38.2 Å². The fraction of sp³-hybridized carbons (Fsp3) is 0.600. The third-order valence-corrected chi connectivity index (χ3v) is 3.42. The van der Waals surface area contributed by atoms with Crippen molar-refractivity contribution in [1.82, 2.24) is 0 Å². The maximum atomic E-state index is 5.72. The molecule has 1 aromatic carbocycles. The average Bonchev–Trinajstić information content (AvgIpc) is 2.80. The molecule has 0 saturated carbocycles. The Hall–Kier alpha value is -1.22. The van der Waals surface area contributed by atoms with Gasteiger partial charge in [-0.15, -0.1) is 0 Å². The van der Waals surface area contributed by atoms with Gasteiger partial charge in [-0.1, -0.05) is 26.2 Å². The predicted octanol–water partition coefficient (Wildman–Crippen LogP) is 2.94. The normalized spacial score (nSPS) is 17.3. The highest BCUT2D eigenvalue weighted by atomic mass is 16.5. The van der Waals surface area contributed by atoms with Crippen LogP contribution in [0.4, 0.5) is 5.69 Å². The maximum Gasteiger partial charge on any atom is 0.123 e. The van der Waals surface area contributed by atoms with Gasteiger partial charge in [0.25, 0.3) is 0 Å². The van der Waals surface area contributed by atoms with Gasteiger partial charge < -0.3 is 15.8 Å². The first-order valence-corrected chi connectivity index (χ1v) is 7.07. The van der Waals surface area contributed by atoms with Crippen LogP contribution in [-0.2, 0) is 6.42 Å². The Bertz CT molecular complexity index is 379. The Labute approximate surface area is 110 Å². The minimum absolute atomic E-state index is 0.166. The summed E-state index contributed by atoms with van der Waals surface area (Å²) in [5.74, 6) is 1.00. The van der Waals surface area contributed by atoms with Gasteiger partial charge in [-0.05, 0) is 30.2 Å². The van der Waals surface area contributed by atoms with Crippen molar-refractivity contribution in [2.75, 3.05) is 18.4 Å². The molecule has 1 unspecified atom stereocenters. The van der Waals surface area contributed by atoms with Crippen LogP contribution in [0.2, 0.25) is 0 Å². The van der Waals surface area contributed by atoms with Crippen LogP contribution in [0.25, 0.3) is 0 Å². The first-order chi connectivity index (χ1) is 8.83. The monoisotopic (exact) mass is 248 g/mol. The van der Waals surface area contributed by atoms with Crippen molar-refractivity contribution in [2.45, 2.75) is 45.1 Å². The molecule has 0 fully saturated rings. The van der Waals surface area contributed by atoms with Gasteiger partial charge >= 0.3 is 0 Å². The number of ether oxygens (including phenoxy) is 1. The van der Waals surface area contributed by atoms with Gasteiger partial charge in [-0.3, -0.25) is 0 Å². The molecule has 0 aromatic heterocycles. The van der Waals surface area contributed by atoms with E-state index in [0.717, 1.165) is 18.7 Å². The summed E-state index contributed by atoms with van der Waals surface area (Å²) in [6, 6.07) is 6.35. The van der Waals surface area contributed by atoms with Gasteiger partial charge in [0.2, 0.25) is 0 Å². The molecule has 0 spiro atoms. The number of benzene rings is 1. The van der Waals surface area contributed by atoms with Crippen molar-refractivity contribution >= 4 is 5.69 Å². The molecular formula is C15H24N2O. The summed E-state index contributed by atoms with van der Waals surface area (Å²) in [6.07, 6.45) is 6.28. The van der Waals surface area contributed by atoms with Crippen molar-refractivity contribution < 1.29 is 4.74 Å². The van der Waals surface area contributed by atoms with Gasteiger partial charge in [0.1, 0.15) is 11.9 Å². The molecule has 3 nitrogen and oxygen atoms in total. The molecule has 0 radical (unpaired) electrons. The number of unbranched alkanes of at least 4 members (excludes halogenated alkanes) is 3. The summed E-state index contributed by atoms with van der Waals surface area (Å²) in [4.78, 5) is 0. The molecule has 0 aliphatic carbocycles. The summed E-state index contributed by atoms with van der Waals surface area (Å²) in [5, 5.41) is 3.48. The zero-order valence-corrected chi connectivity index (χ0v) is 11.2. The van der Waals surface area contributed by atoms with Gasteiger partial charge in [0, 0.05) is 25.2 Å². The lowest BCUT2D eigenvalue weighted by Crippen LogP contribution is -2.24. The Balaban J connectivity index is 1.81. The van der Waals surface area contributed by atoms with E-state index in [2.05, 4.69) is 30.4 Å². The highest BCUT2D eigenvalue weighted by Gasteiger charge is 2.21. The van der Waals surface area contributed by atoms with Crippen molar-refractivity contribution in [3.8, 4) is 5.75 Å². The second kappa shape index (κ2) is 6.64. The van der Waals surface area contributed by atoms with Gasteiger partial charge in [-0.25, -0.2) is 0 Å².